The topological polar surface area (TPSA) is 50.4 Å². The zero-order chi connectivity index (χ0) is 6.41. The molecular formula is C5H11N3. The van der Waals surface area contributed by atoms with Crippen LogP contribution in [0.15, 0.2) is 16.9 Å². The molecule has 3 nitrogen and oxygen atoms in total. The molecular weight excluding hydrogens is 102 g/mol. The Morgan fingerprint density at radius 2 is 2.38 bits per heavy atom. The van der Waals surface area contributed by atoms with Gasteiger partial charge in [0.25, 0.3) is 0 Å². The first-order chi connectivity index (χ1) is 3.77. The summed E-state index contributed by atoms with van der Waals surface area (Å²) in [6.07, 6.45) is 3.33. The Morgan fingerprint density at radius 3 is 2.75 bits per heavy atom. The van der Waals surface area contributed by atoms with Gasteiger partial charge in [-0.05, 0) is 13.0 Å². The Kier molecular flexibility index (Phi) is 3.66. The average Bonchev–Trinajstić information content (AvgIpc) is 1.66. The van der Waals surface area contributed by atoms with Crippen molar-refractivity contribution in [2.24, 2.45) is 10.8 Å². The van der Waals surface area contributed by atoms with Crippen molar-refractivity contribution in [3.05, 3.63) is 11.8 Å². The van der Waals surface area contributed by atoms with Gasteiger partial charge in [-0.25, -0.2) is 0 Å². The molecule has 0 atom stereocenters. The van der Waals surface area contributed by atoms with E-state index in [-0.39, 0.29) is 0 Å². The number of hydrogen-bond donors (Lipinski definition) is 2. The predicted molar refractivity (Wildman–Crippen MR) is 35.5 cm³/mol. The third-order valence-electron chi connectivity index (χ3n) is 0.541. The van der Waals surface area contributed by atoms with Crippen molar-refractivity contribution >= 4 is 6.21 Å². The Labute approximate surface area is 49.3 Å². The monoisotopic (exact) mass is 113 g/mol. The fourth-order valence-electron chi connectivity index (χ4n) is 0.229. The summed E-state index contributed by atoms with van der Waals surface area (Å²) in [6.45, 7) is 1.81. The molecule has 0 saturated heterocycles. The van der Waals surface area contributed by atoms with Gasteiger partial charge in [0.15, 0.2) is 0 Å². The highest BCUT2D eigenvalue weighted by molar-refractivity contribution is 5.71. The van der Waals surface area contributed by atoms with E-state index >= 15 is 0 Å². The van der Waals surface area contributed by atoms with Gasteiger partial charge < -0.3 is 11.2 Å². The molecule has 0 aliphatic rings. The normalized spacial score (nSPS) is 12.5. The Morgan fingerprint density at radius 1 is 1.75 bits per heavy atom. The fraction of sp³-hybridized carbons (Fsp3) is 0.400. The molecule has 0 spiro atoms. The summed E-state index contributed by atoms with van der Waals surface area (Å²) >= 11 is 0. The number of nitrogens with two attached hydrogens (primary N) is 1. The maximum absolute atomic E-state index is 5.28. The minimum atomic E-state index is 0.754. The van der Waals surface area contributed by atoms with Gasteiger partial charge in [-0.2, -0.15) is 5.10 Å². The van der Waals surface area contributed by atoms with Crippen molar-refractivity contribution in [2.45, 2.75) is 6.92 Å². The van der Waals surface area contributed by atoms with E-state index in [0.717, 1.165) is 5.70 Å². The second kappa shape index (κ2) is 4.18. The van der Waals surface area contributed by atoms with Gasteiger partial charge in [0, 0.05) is 19.0 Å². The van der Waals surface area contributed by atoms with Crippen molar-refractivity contribution in [3.63, 3.8) is 0 Å². The third kappa shape index (κ3) is 5.01. The van der Waals surface area contributed by atoms with Gasteiger partial charge >= 0.3 is 0 Å². The molecule has 0 aliphatic heterocycles. The molecule has 0 aromatic rings. The van der Waals surface area contributed by atoms with Crippen molar-refractivity contribution in [2.75, 3.05) is 7.05 Å². The van der Waals surface area contributed by atoms with Gasteiger partial charge in [0.05, 0.1) is 0 Å². The molecule has 0 aromatic heterocycles. The molecule has 8 heavy (non-hydrogen) atoms. The number of hydrazone groups is 1. The van der Waals surface area contributed by atoms with Gasteiger partial charge in [-0.3, -0.25) is 0 Å². The van der Waals surface area contributed by atoms with E-state index in [9.17, 15) is 0 Å². The van der Waals surface area contributed by atoms with Crippen LogP contribution in [0, 0.1) is 0 Å². The summed E-state index contributed by atoms with van der Waals surface area (Å²) in [5.74, 6) is 0. The molecule has 0 heterocycles. The zero-order valence-electron chi connectivity index (χ0n) is 5.18. The van der Waals surface area contributed by atoms with Gasteiger partial charge in [-0.15, -0.1) is 0 Å². The lowest BCUT2D eigenvalue weighted by atomic mass is 10.5. The summed E-state index contributed by atoms with van der Waals surface area (Å²) in [7, 11) is 1.73. The zero-order valence-corrected chi connectivity index (χ0v) is 5.18. The van der Waals surface area contributed by atoms with Crippen molar-refractivity contribution < 1.29 is 0 Å². The first kappa shape index (κ1) is 7.01. The second-order valence-corrected chi connectivity index (χ2v) is 1.41. The molecule has 0 radical (unpaired) electrons. The highest BCUT2D eigenvalue weighted by Gasteiger charge is 1.67. The highest BCUT2D eigenvalue weighted by Crippen LogP contribution is 1.72. The van der Waals surface area contributed by atoms with E-state index < -0.39 is 0 Å². The standard InChI is InChI=1S/C5H11N3/c1-5(6)3-4-8-7-2/h3-4,7H,6H2,1-2H3/b5-3+,8-4-. The molecule has 0 aromatic carbocycles. The summed E-state index contributed by atoms with van der Waals surface area (Å²) < 4.78 is 0. The summed E-state index contributed by atoms with van der Waals surface area (Å²) in [5, 5.41) is 3.68. The van der Waals surface area contributed by atoms with Gasteiger partial charge in [-0.1, -0.05) is 0 Å². The van der Waals surface area contributed by atoms with Crippen LogP contribution in [-0.2, 0) is 0 Å². The van der Waals surface area contributed by atoms with Gasteiger partial charge in [0.2, 0.25) is 0 Å². The van der Waals surface area contributed by atoms with Crippen LogP contribution in [0.1, 0.15) is 6.92 Å². The highest BCUT2D eigenvalue weighted by atomic mass is 15.3. The second-order valence-electron chi connectivity index (χ2n) is 1.41. The molecule has 3 heteroatoms. The molecule has 0 saturated carbocycles. The lowest BCUT2D eigenvalue weighted by Crippen LogP contribution is -1.94. The fourth-order valence-corrected chi connectivity index (χ4v) is 0.229. The lowest BCUT2D eigenvalue weighted by molar-refractivity contribution is 0.908. The van der Waals surface area contributed by atoms with E-state index in [1.807, 2.05) is 6.92 Å². The smallest absolute Gasteiger partial charge is 0.0484 e. The van der Waals surface area contributed by atoms with Gasteiger partial charge in [0.1, 0.15) is 0 Å². The molecule has 46 valence electrons. The van der Waals surface area contributed by atoms with Crippen LogP contribution in [0.3, 0.4) is 0 Å². The lowest BCUT2D eigenvalue weighted by Gasteiger charge is -1.83. The Bertz CT molecular complexity index is 100. The van der Waals surface area contributed by atoms with Crippen molar-refractivity contribution in [1.29, 1.82) is 0 Å². The molecule has 0 unspecified atom stereocenters. The molecule has 0 fully saturated rings. The van der Waals surface area contributed by atoms with E-state index in [2.05, 4.69) is 10.5 Å². The average molecular weight is 113 g/mol. The summed E-state index contributed by atoms with van der Waals surface area (Å²) in [5.41, 5.74) is 8.62. The van der Waals surface area contributed by atoms with Crippen LogP contribution in [0.25, 0.3) is 0 Å². The Hall–Kier alpha value is -0.990. The maximum Gasteiger partial charge on any atom is 0.0484 e. The quantitative estimate of drug-likeness (QED) is 0.393. The van der Waals surface area contributed by atoms with Crippen LogP contribution in [0.5, 0.6) is 0 Å². The van der Waals surface area contributed by atoms with Crippen LogP contribution in [0.2, 0.25) is 0 Å². The summed E-state index contributed by atoms with van der Waals surface area (Å²) in [6, 6.07) is 0. The van der Waals surface area contributed by atoms with E-state index in [1.54, 1.807) is 19.3 Å². The molecule has 3 N–H and O–H groups in total. The molecule has 0 aliphatic carbocycles. The minimum absolute atomic E-state index is 0.754. The Balaban J connectivity index is 3.42. The number of hydrogen-bond acceptors (Lipinski definition) is 3. The first-order valence-electron chi connectivity index (χ1n) is 2.39. The van der Waals surface area contributed by atoms with E-state index in [4.69, 9.17) is 5.73 Å². The predicted octanol–water partition coefficient (Wildman–Crippen LogP) is 0.0541. The number of rotatable bonds is 2. The SMILES string of the molecule is CN/N=C\C=C(/C)N. The van der Waals surface area contributed by atoms with E-state index in [0.29, 0.717) is 0 Å². The largest absolute Gasteiger partial charge is 0.402 e. The minimum Gasteiger partial charge on any atom is -0.402 e. The summed E-state index contributed by atoms with van der Waals surface area (Å²) in [4.78, 5) is 0. The molecule has 0 bridgehead atoms. The van der Waals surface area contributed by atoms with E-state index in [1.165, 1.54) is 0 Å². The van der Waals surface area contributed by atoms with Crippen LogP contribution in [0.4, 0.5) is 0 Å². The van der Waals surface area contributed by atoms with Crippen molar-refractivity contribution in [3.8, 4) is 0 Å². The number of allylic oxidation sites excluding steroid dienone is 2. The van der Waals surface area contributed by atoms with Crippen LogP contribution < -0.4 is 11.2 Å². The number of nitrogens with zero attached hydrogens (tertiary/aromatic N) is 1. The maximum atomic E-state index is 5.28. The van der Waals surface area contributed by atoms with Crippen LogP contribution >= 0.6 is 0 Å². The van der Waals surface area contributed by atoms with Crippen LogP contribution in [-0.4, -0.2) is 13.3 Å². The molecule has 0 rings (SSSR count). The molecule has 0 amide bonds. The van der Waals surface area contributed by atoms with Crippen molar-refractivity contribution in [1.82, 2.24) is 5.43 Å². The third-order valence-corrected chi connectivity index (χ3v) is 0.541. The first-order valence-corrected chi connectivity index (χ1v) is 2.39. The number of nitrogens with one attached hydrogen (secondary N) is 1.